The molecule has 29 heavy (non-hydrogen) atoms. The van der Waals surface area contributed by atoms with Crippen molar-refractivity contribution < 1.29 is 9.90 Å². The molecule has 0 amide bonds. The molecule has 0 aliphatic heterocycles. The standard InChI is InChI=1S/C23H20N2O2S2/c26-20(27)13-14-25(16-19-12-7-15-28-19)23-24-21(17-8-3-1-4-9-17)22(29-23)18-10-5-2-6-11-18/h1-12,15H,13-14,16H2,(H,26,27). The van der Waals surface area contributed by atoms with Gasteiger partial charge in [0.25, 0.3) is 0 Å². The fourth-order valence-electron chi connectivity index (χ4n) is 3.08. The number of aromatic nitrogens is 1. The summed E-state index contributed by atoms with van der Waals surface area (Å²) in [6, 6.07) is 24.5. The van der Waals surface area contributed by atoms with E-state index in [0.29, 0.717) is 13.1 Å². The van der Waals surface area contributed by atoms with Gasteiger partial charge in [0.05, 0.1) is 23.5 Å². The average Bonchev–Trinajstić information content (AvgIpc) is 3.42. The lowest BCUT2D eigenvalue weighted by Gasteiger charge is -2.20. The van der Waals surface area contributed by atoms with E-state index in [1.807, 2.05) is 47.8 Å². The monoisotopic (exact) mass is 420 g/mol. The van der Waals surface area contributed by atoms with Crippen molar-refractivity contribution in [2.75, 3.05) is 11.4 Å². The van der Waals surface area contributed by atoms with Gasteiger partial charge in [-0.15, -0.1) is 11.3 Å². The number of nitrogens with zero attached hydrogens (tertiary/aromatic N) is 2. The van der Waals surface area contributed by atoms with Gasteiger partial charge in [0.1, 0.15) is 0 Å². The summed E-state index contributed by atoms with van der Waals surface area (Å²) in [7, 11) is 0. The maximum atomic E-state index is 11.2. The SMILES string of the molecule is O=C(O)CCN(Cc1cccs1)c1nc(-c2ccccc2)c(-c2ccccc2)s1. The molecule has 0 bridgehead atoms. The van der Waals surface area contributed by atoms with E-state index < -0.39 is 5.97 Å². The van der Waals surface area contributed by atoms with Crippen LogP contribution in [0.1, 0.15) is 11.3 Å². The zero-order valence-electron chi connectivity index (χ0n) is 15.7. The van der Waals surface area contributed by atoms with Crippen LogP contribution in [0.4, 0.5) is 5.13 Å². The molecule has 2 heterocycles. The van der Waals surface area contributed by atoms with Crippen LogP contribution in [0, 0.1) is 0 Å². The predicted octanol–water partition coefficient (Wildman–Crippen LogP) is 6.02. The van der Waals surface area contributed by atoms with Crippen molar-refractivity contribution in [2.45, 2.75) is 13.0 Å². The summed E-state index contributed by atoms with van der Waals surface area (Å²) in [6.07, 6.45) is 0.0757. The van der Waals surface area contributed by atoms with Gasteiger partial charge in [-0.25, -0.2) is 4.98 Å². The summed E-state index contributed by atoms with van der Waals surface area (Å²) in [5.41, 5.74) is 3.11. The Morgan fingerprint density at radius 3 is 2.24 bits per heavy atom. The molecule has 0 saturated heterocycles. The number of thiazole rings is 1. The molecule has 0 unspecified atom stereocenters. The Labute approximate surface area is 177 Å². The van der Waals surface area contributed by atoms with Crippen molar-refractivity contribution >= 4 is 33.8 Å². The van der Waals surface area contributed by atoms with Gasteiger partial charge in [0, 0.05) is 17.0 Å². The number of anilines is 1. The Morgan fingerprint density at radius 2 is 1.62 bits per heavy atom. The van der Waals surface area contributed by atoms with Gasteiger partial charge in [-0.2, -0.15) is 0 Å². The summed E-state index contributed by atoms with van der Waals surface area (Å²) in [6.45, 7) is 1.07. The topological polar surface area (TPSA) is 53.4 Å². The number of rotatable bonds is 8. The van der Waals surface area contributed by atoms with Crippen molar-refractivity contribution in [3.63, 3.8) is 0 Å². The molecule has 6 heteroatoms. The molecule has 2 aromatic carbocycles. The van der Waals surface area contributed by atoms with Gasteiger partial charge in [0.15, 0.2) is 5.13 Å². The van der Waals surface area contributed by atoms with E-state index >= 15 is 0 Å². The van der Waals surface area contributed by atoms with Gasteiger partial charge in [-0.1, -0.05) is 78.1 Å². The quantitative estimate of drug-likeness (QED) is 0.379. The lowest BCUT2D eigenvalue weighted by molar-refractivity contribution is -0.136. The Kier molecular flexibility index (Phi) is 6.03. The molecule has 1 N–H and O–H groups in total. The van der Waals surface area contributed by atoms with Crippen LogP contribution in [-0.2, 0) is 11.3 Å². The van der Waals surface area contributed by atoms with Crippen molar-refractivity contribution in [3.05, 3.63) is 83.1 Å². The van der Waals surface area contributed by atoms with Crippen LogP contribution < -0.4 is 4.90 Å². The molecule has 146 valence electrons. The zero-order chi connectivity index (χ0) is 20.1. The number of hydrogen-bond acceptors (Lipinski definition) is 5. The molecule has 0 spiro atoms. The Balaban J connectivity index is 1.76. The molecule has 2 aromatic heterocycles. The lowest BCUT2D eigenvalue weighted by atomic mass is 10.1. The largest absolute Gasteiger partial charge is 0.481 e. The highest BCUT2D eigenvalue weighted by Gasteiger charge is 2.20. The first kappa shape index (κ1) is 19.4. The maximum Gasteiger partial charge on any atom is 0.305 e. The van der Waals surface area contributed by atoms with Crippen molar-refractivity contribution in [3.8, 4) is 21.7 Å². The number of carboxylic acid groups (broad SMARTS) is 1. The minimum Gasteiger partial charge on any atom is -0.481 e. The van der Waals surface area contributed by atoms with Crippen LogP contribution in [0.15, 0.2) is 78.2 Å². The van der Waals surface area contributed by atoms with E-state index in [0.717, 1.165) is 26.8 Å². The molecule has 0 radical (unpaired) electrons. The van der Waals surface area contributed by atoms with Gasteiger partial charge in [-0.05, 0) is 17.0 Å². The van der Waals surface area contributed by atoms with Gasteiger partial charge < -0.3 is 10.0 Å². The summed E-state index contributed by atoms with van der Waals surface area (Å²) in [5, 5.41) is 12.1. The van der Waals surface area contributed by atoms with Gasteiger partial charge in [-0.3, -0.25) is 4.79 Å². The molecule has 0 aliphatic rings. The molecular formula is C23H20N2O2S2. The second-order valence-corrected chi connectivity index (χ2v) is 8.56. The number of aliphatic carboxylic acids is 1. The van der Waals surface area contributed by atoms with E-state index in [9.17, 15) is 9.90 Å². The number of carbonyl (C=O) groups is 1. The minimum atomic E-state index is -0.802. The Bertz CT molecular complexity index is 1000. The molecule has 0 atom stereocenters. The van der Waals surface area contributed by atoms with Crippen LogP contribution in [0.2, 0.25) is 0 Å². The number of hydrogen-bond donors (Lipinski definition) is 1. The highest BCUT2D eigenvalue weighted by Crippen LogP contribution is 2.40. The van der Waals surface area contributed by atoms with Crippen molar-refractivity contribution in [2.24, 2.45) is 0 Å². The number of benzene rings is 2. The fraction of sp³-hybridized carbons (Fsp3) is 0.130. The smallest absolute Gasteiger partial charge is 0.305 e. The molecule has 4 rings (SSSR count). The molecule has 0 saturated carbocycles. The highest BCUT2D eigenvalue weighted by molar-refractivity contribution is 7.19. The molecule has 0 fully saturated rings. The summed E-state index contributed by atoms with van der Waals surface area (Å²) in [5.74, 6) is -0.802. The van der Waals surface area contributed by atoms with E-state index in [4.69, 9.17) is 4.98 Å². The maximum absolute atomic E-state index is 11.2. The van der Waals surface area contributed by atoms with E-state index in [1.165, 1.54) is 4.88 Å². The molecular weight excluding hydrogens is 400 g/mol. The van der Waals surface area contributed by atoms with Crippen LogP contribution in [-0.4, -0.2) is 22.6 Å². The number of thiophene rings is 1. The van der Waals surface area contributed by atoms with Gasteiger partial charge >= 0.3 is 5.97 Å². The van der Waals surface area contributed by atoms with E-state index in [1.54, 1.807) is 22.7 Å². The highest BCUT2D eigenvalue weighted by atomic mass is 32.1. The van der Waals surface area contributed by atoms with Crippen molar-refractivity contribution in [1.29, 1.82) is 0 Å². The third kappa shape index (κ3) is 4.72. The third-order valence-corrected chi connectivity index (χ3v) is 6.52. The number of carboxylic acids is 1. The van der Waals surface area contributed by atoms with Crippen LogP contribution >= 0.6 is 22.7 Å². The van der Waals surface area contributed by atoms with Crippen LogP contribution in [0.5, 0.6) is 0 Å². The minimum absolute atomic E-state index is 0.0757. The van der Waals surface area contributed by atoms with Crippen molar-refractivity contribution in [1.82, 2.24) is 4.98 Å². The van der Waals surface area contributed by atoms with Crippen LogP contribution in [0.3, 0.4) is 0 Å². The first-order valence-corrected chi connectivity index (χ1v) is 11.0. The molecule has 4 aromatic rings. The summed E-state index contributed by atoms with van der Waals surface area (Å²) in [4.78, 5) is 20.5. The summed E-state index contributed by atoms with van der Waals surface area (Å²) >= 11 is 3.29. The first-order valence-electron chi connectivity index (χ1n) is 9.31. The van der Waals surface area contributed by atoms with Crippen LogP contribution in [0.25, 0.3) is 21.7 Å². The van der Waals surface area contributed by atoms with E-state index in [-0.39, 0.29) is 6.42 Å². The normalized spacial score (nSPS) is 10.8. The molecule has 4 nitrogen and oxygen atoms in total. The third-order valence-electron chi connectivity index (χ3n) is 4.49. The Morgan fingerprint density at radius 1 is 0.931 bits per heavy atom. The summed E-state index contributed by atoms with van der Waals surface area (Å²) < 4.78 is 0. The molecule has 0 aliphatic carbocycles. The zero-order valence-corrected chi connectivity index (χ0v) is 17.3. The van der Waals surface area contributed by atoms with E-state index in [2.05, 4.69) is 35.2 Å². The second-order valence-electron chi connectivity index (χ2n) is 6.55. The average molecular weight is 421 g/mol. The predicted molar refractivity (Wildman–Crippen MR) is 121 cm³/mol. The fourth-order valence-corrected chi connectivity index (χ4v) is 4.92. The van der Waals surface area contributed by atoms with Gasteiger partial charge in [0.2, 0.25) is 0 Å². The second kappa shape index (κ2) is 9.03. The lowest BCUT2D eigenvalue weighted by Crippen LogP contribution is -2.25. The first-order chi connectivity index (χ1) is 14.2. The Hall–Kier alpha value is -2.96.